The summed E-state index contributed by atoms with van der Waals surface area (Å²) in [5, 5.41) is 7.53. The summed E-state index contributed by atoms with van der Waals surface area (Å²) in [7, 11) is 0. The molecule has 1 N–H and O–H groups in total. The van der Waals surface area contributed by atoms with Crippen LogP contribution < -0.4 is 5.32 Å². The van der Waals surface area contributed by atoms with E-state index in [9.17, 15) is 0 Å². The van der Waals surface area contributed by atoms with Crippen LogP contribution in [0.4, 0.5) is 0 Å². The molecule has 0 aromatic carbocycles. The number of aromatic nitrogens is 2. The Morgan fingerprint density at radius 1 is 1.45 bits per heavy atom. The fourth-order valence-corrected chi connectivity index (χ4v) is 2.75. The highest BCUT2D eigenvalue weighted by atomic mass is 16.5. The molecule has 5 heteroatoms. The summed E-state index contributed by atoms with van der Waals surface area (Å²) < 4.78 is 11.0. The van der Waals surface area contributed by atoms with Gasteiger partial charge in [0.15, 0.2) is 0 Å². The molecule has 0 bridgehead atoms. The number of aryl methyl sites for hydroxylation is 1. The van der Waals surface area contributed by atoms with Crippen LogP contribution in [0.3, 0.4) is 0 Å². The third kappa shape index (κ3) is 4.56. The number of nitrogens with one attached hydrogen (secondary N) is 1. The van der Waals surface area contributed by atoms with Gasteiger partial charge < -0.3 is 14.6 Å². The van der Waals surface area contributed by atoms with Crippen molar-refractivity contribution in [3.05, 3.63) is 11.7 Å². The average Bonchev–Trinajstić information content (AvgIpc) is 2.95. The maximum Gasteiger partial charge on any atom is 0.226 e. The standard InChI is InChI=1S/C15H27N3O2/c1-3-6-13(19-4-2)15-17-14(20-18-15)9-8-12-7-5-10-16-11-12/h12-13,16H,3-11H2,1-2H3. The maximum atomic E-state index is 5.68. The van der Waals surface area contributed by atoms with Gasteiger partial charge in [0.2, 0.25) is 11.7 Å². The number of ether oxygens (including phenoxy) is 1. The van der Waals surface area contributed by atoms with Crippen molar-refractivity contribution in [2.75, 3.05) is 19.7 Å². The molecule has 20 heavy (non-hydrogen) atoms. The lowest BCUT2D eigenvalue weighted by molar-refractivity contribution is 0.0477. The smallest absolute Gasteiger partial charge is 0.226 e. The third-order valence-electron chi connectivity index (χ3n) is 3.86. The van der Waals surface area contributed by atoms with Crippen molar-refractivity contribution >= 4 is 0 Å². The van der Waals surface area contributed by atoms with E-state index in [2.05, 4.69) is 22.4 Å². The minimum Gasteiger partial charge on any atom is -0.370 e. The second-order valence-corrected chi connectivity index (χ2v) is 5.53. The Kier molecular flexibility index (Phi) is 6.47. The van der Waals surface area contributed by atoms with E-state index in [1.807, 2.05) is 6.92 Å². The van der Waals surface area contributed by atoms with E-state index in [1.54, 1.807) is 0 Å². The highest BCUT2D eigenvalue weighted by Crippen LogP contribution is 2.21. The molecule has 1 aromatic rings. The topological polar surface area (TPSA) is 60.2 Å². The Bertz CT molecular complexity index is 369. The summed E-state index contributed by atoms with van der Waals surface area (Å²) in [5.74, 6) is 2.22. The fourth-order valence-electron chi connectivity index (χ4n) is 2.75. The Hall–Kier alpha value is -0.940. The predicted molar refractivity (Wildman–Crippen MR) is 77.5 cm³/mol. The van der Waals surface area contributed by atoms with E-state index in [1.165, 1.54) is 12.8 Å². The van der Waals surface area contributed by atoms with Crippen LogP contribution in [0.25, 0.3) is 0 Å². The summed E-state index contributed by atoms with van der Waals surface area (Å²) in [5.41, 5.74) is 0. The van der Waals surface area contributed by atoms with Crippen molar-refractivity contribution in [1.29, 1.82) is 0 Å². The summed E-state index contributed by atoms with van der Waals surface area (Å²) >= 11 is 0. The van der Waals surface area contributed by atoms with E-state index in [0.717, 1.165) is 50.6 Å². The second-order valence-electron chi connectivity index (χ2n) is 5.53. The van der Waals surface area contributed by atoms with Gasteiger partial charge in [0, 0.05) is 13.0 Å². The summed E-state index contributed by atoms with van der Waals surface area (Å²) in [6.45, 7) is 7.11. The molecule has 0 aliphatic carbocycles. The van der Waals surface area contributed by atoms with E-state index >= 15 is 0 Å². The van der Waals surface area contributed by atoms with Gasteiger partial charge in [0.1, 0.15) is 6.10 Å². The number of nitrogens with zero attached hydrogens (tertiary/aromatic N) is 2. The lowest BCUT2D eigenvalue weighted by Crippen LogP contribution is -2.29. The van der Waals surface area contributed by atoms with E-state index in [4.69, 9.17) is 9.26 Å². The number of hydrogen-bond donors (Lipinski definition) is 1. The molecule has 1 saturated heterocycles. The van der Waals surface area contributed by atoms with Crippen molar-refractivity contribution in [2.24, 2.45) is 5.92 Å². The monoisotopic (exact) mass is 281 g/mol. The molecule has 2 heterocycles. The first-order valence-corrected chi connectivity index (χ1v) is 7.98. The number of rotatable bonds is 8. The Morgan fingerprint density at radius 2 is 2.35 bits per heavy atom. The molecule has 0 radical (unpaired) electrons. The zero-order chi connectivity index (χ0) is 14.2. The van der Waals surface area contributed by atoms with Crippen LogP contribution in [0, 0.1) is 5.92 Å². The van der Waals surface area contributed by atoms with Gasteiger partial charge in [-0.3, -0.25) is 0 Å². The fraction of sp³-hybridized carbons (Fsp3) is 0.867. The van der Waals surface area contributed by atoms with Gasteiger partial charge in [-0.1, -0.05) is 18.5 Å². The van der Waals surface area contributed by atoms with Crippen LogP contribution in [-0.4, -0.2) is 29.8 Å². The number of piperidine rings is 1. The van der Waals surface area contributed by atoms with Crippen LogP contribution >= 0.6 is 0 Å². The van der Waals surface area contributed by atoms with E-state index in [0.29, 0.717) is 12.4 Å². The lowest BCUT2D eigenvalue weighted by atomic mass is 9.95. The van der Waals surface area contributed by atoms with Crippen molar-refractivity contribution in [2.45, 2.75) is 58.5 Å². The molecule has 1 aromatic heterocycles. The molecule has 1 fully saturated rings. The summed E-state index contributed by atoms with van der Waals surface area (Å²) in [6.07, 6.45) is 6.58. The molecular weight excluding hydrogens is 254 g/mol. The van der Waals surface area contributed by atoms with Crippen LogP contribution in [-0.2, 0) is 11.2 Å². The summed E-state index contributed by atoms with van der Waals surface area (Å²) in [4.78, 5) is 4.51. The lowest BCUT2D eigenvalue weighted by Gasteiger charge is -2.21. The first-order valence-electron chi connectivity index (χ1n) is 7.98. The molecule has 0 amide bonds. The molecule has 0 saturated carbocycles. The van der Waals surface area contributed by atoms with Gasteiger partial charge in [-0.05, 0) is 51.6 Å². The Labute approximate surface area is 121 Å². The maximum absolute atomic E-state index is 5.68. The van der Waals surface area contributed by atoms with Gasteiger partial charge in [-0.25, -0.2) is 0 Å². The third-order valence-corrected chi connectivity index (χ3v) is 3.86. The first-order chi connectivity index (χ1) is 9.83. The van der Waals surface area contributed by atoms with Crippen LogP contribution in [0.2, 0.25) is 0 Å². The van der Waals surface area contributed by atoms with Gasteiger partial charge in [0.25, 0.3) is 0 Å². The van der Waals surface area contributed by atoms with Gasteiger partial charge in [-0.2, -0.15) is 4.98 Å². The molecule has 2 unspecified atom stereocenters. The molecule has 2 rings (SSSR count). The van der Waals surface area contributed by atoms with Gasteiger partial charge in [-0.15, -0.1) is 0 Å². The highest BCUT2D eigenvalue weighted by molar-refractivity contribution is 4.92. The zero-order valence-electron chi connectivity index (χ0n) is 12.7. The normalized spacial score (nSPS) is 21.0. The minimum atomic E-state index is -0.0150. The first kappa shape index (κ1) is 15.4. The van der Waals surface area contributed by atoms with Crippen LogP contribution in [0.5, 0.6) is 0 Å². The van der Waals surface area contributed by atoms with Crippen molar-refractivity contribution in [1.82, 2.24) is 15.5 Å². The molecule has 5 nitrogen and oxygen atoms in total. The van der Waals surface area contributed by atoms with Crippen molar-refractivity contribution < 1.29 is 9.26 Å². The minimum absolute atomic E-state index is 0.0150. The molecule has 2 atom stereocenters. The van der Waals surface area contributed by atoms with E-state index < -0.39 is 0 Å². The predicted octanol–water partition coefficient (Wildman–Crippen LogP) is 2.88. The molecule has 114 valence electrons. The van der Waals surface area contributed by atoms with Crippen LogP contribution in [0.1, 0.15) is 63.8 Å². The van der Waals surface area contributed by atoms with Gasteiger partial charge in [0.05, 0.1) is 0 Å². The average molecular weight is 281 g/mol. The molecule has 1 aliphatic rings. The van der Waals surface area contributed by atoms with E-state index in [-0.39, 0.29) is 6.10 Å². The quantitative estimate of drug-likeness (QED) is 0.794. The Morgan fingerprint density at radius 3 is 3.05 bits per heavy atom. The largest absolute Gasteiger partial charge is 0.370 e. The Balaban J connectivity index is 1.83. The molecule has 1 aliphatic heterocycles. The van der Waals surface area contributed by atoms with Gasteiger partial charge >= 0.3 is 0 Å². The summed E-state index contributed by atoms with van der Waals surface area (Å²) in [6, 6.07) is 0. The van der Waals surface area contributed by atoms with Crippen LogP contribution in [0.15, 0.2) is 4.52 Å². The molecular formula is C15H27N3O2. The number of hydrogen-bond acceptors (Lipinski definition) is 5. The second kappa shape index (κ2) is 8.37. The highest BCUT2D eigenvalue weighted by Gasteiger charge is 2.19. The van der Waals surface area contributed by atoms with Crippen molar-refractivity contribution in [3.8, 4) is 0 Å². The SMILES string of the molecule is CCCC(OCC)c1noc(CCC2CCCNC2)n1. The van der Waals surface area contributed by atoms with Crippen molar-refractivity contribution in [3.63, 3.8) is 0 Å². The zero-order valence-corrected chi connectivity index (χ0v) is 12.7. The molecule has 0 spiro atoms.